The standard InChI is InChI=1S/C17H19FN2O2/c1-9(2)16-15(10(3)20-22-16)17(21)19-14-8-13(14)11-5-4-6-12(18)7-11/h4-7,9,13-14H,8H2,1-3H3,(H,19,21)/t13-,14+/m1/s1. The zero-order chi connectivity index (χ0) is 15.9. The van der Waals surface area contributed by atoms with Crippen molar-refractivity contribution < 1.29 is 13.7 Å². The smallest absolute Gasteiger partial charge is 0.257 e. The van der Waals surface area contributed by atoms with Crippen LogP contribution in [0.4, 0.5) is 4.39 Å². The first-order valence-corrected chi connectivity index (χ1v) is 7.50. The third-order valence-electron chi connectivity index (χ3n) is 4.02. The van der Waals surface area contributed by atoms with Crippen LogP contribution in [-0.4, -0.2) is 17.1 Å². The van der Waals surface area contributed by atoms with Gasteiger partial charge in [0.2, 0.25) is 0 Å². The van der Waals surface area contributed by atoms with Gasteiger partial charge >= 0.3 is 0 Å². The van der Waals surface area contributed by atoms with Gasteiger partial charge in [-0.1, -0.05) is 31.1 Å². The monoisotopic (exact) mass is 302 g/mol. The molecule has 0 spiro atoms. The summed E-state index contributed by atoms with van der Waals surface area (Å²) >= 11 is 0. The molecule has 1 aromatic heterocycles. The second-order valence-corrected chi connectivity index (χ2v) is 6.14. The molecule has 5 heteroatoms. The molecule has 1 saturated carbocycles. The first-order chi connectivity index (χ1) is 10.5. The lowest BCUT2D eigenvalue weighted by Gasteiger charge is -2.07. The molecule has 1 N–H and O–H groups in total. The molecular formula is C17H19FN2O2. The van der Waals surface area contributed by atoms with Gasteiger partial charge in [0.1, 0.15) is 11.4 Å². The summed E-state index contributed by atoms with van der Waals surface area (Å²) in [6, 6.07) is 6.59. The molecule has 1 aromatic carbocycles. The van der Waals surface area contributed by atoms with Gasteiger partial charge in [0.25, 0.3) is 5.91 Å². The zero-order valence-electron chi connectivity index (χ0n) is 12.9. The number of rotatable bonds is 4. The Labute approximate surface area is 128 Å². The Kier molecular flexibility index (Phi) is 3.72. The second kappa shape index (κ2) is 5.55. The van der Waals surface area contributed by atoms with Crippen molar-refractivity contribution in [1.82, 2.24) is 10.5 Å². The molecule has 1 amide bonds. The molecule has 0 bridgehead atoms. The Morgan fingerprint density at radius 2 is 2.23 bits per heavy atom. The van der Waals surface area contributed by atoms with Gasteiger partial charge in [0.15, 0.2) is 5.76 Å². The molecule has 4 nitrogen and oxygen atoms in total. The van der Waals surface area contributed by atoms with Crippen molar-refractivity contribution in [3.63, 3.8) is 0 Å². The predicted octanol–water partition coefficient (Wildman–Crippen LogP) is 3.53. The van der Waals surface area contributed by atoms with Crippen LogP contribution < -0.4 is 5.32 Å². The van der Waals surface area contributed by atoms with Crippen LogP contribution >= 0.6 is 0 Å². The highest BCUT2D eigenvalue weighted by Crippen LogP contribution is 2.41. The van der Waals surface area contributed by atoms with Gasteiger partial charge in [-0.15, -0.1) is 0 Å². The van der Waals surface area contributed by atoms with Crippen molar-refractivity contribution in [2.45, 2.75) is 45.1 Å². The van der Waals surface area contributed by atoms with Crippen LogP contribution in [0.25, 0.3) is 0 Å². The summed E-state index contributed by atoms with van der Waals surface area (Å²) in [5.41, 5.74) is 2.06. The van der Waals surface area contributed by atoms with Crippen molar-refractivity contribution in [2.75, 3.05) is 0 Å². The van der Waals surface area contributed by atoms with Crippen LogP contribution in [0.2, 0.25) is 0 Å². The molecule has 0 saturated heterocycles. The number of hydrogen-bond donors (Lipinski definition) is 1. The lowest BCUT2D eigenvalue weighted by Crippen LogP contribution is -2.27. The van der Waals surface area contributed by atoms with Gasteiger partial charge in [-0.25, -0.2) is 4.39 Å². The van der Waals surface area contributed by atoms with Crippen molar-refractivity contribution >= 4 is 5.91 Å². The van der Waals surface area contributed by atoms with E-state index >= 15 is 0 Å². The fourth-order valence-electron chi connectivity index (χ4n) is 2.76. The number of aromatic nitrogens is 1. The lowest BCUT2D eigenvalue weighted by molar-refractivity contribution is 0.0947. The molecule has 2 atom stereocenters. The van der Waals surface area contributed by atoms with E-state index in [1.165, 1.54) is 12.1 Å². The van der Waals surface area contributed by atoms with E-state index in [4.69, 9.17) is 4.52 Å². The Morgan fingerprint density at radius 1 is 1.45 bits per heavy atom. The fraction of sp³-hybridized carbons (Fsp3) is 0.412. The van der Waals surface area contributed by atoms with Gasteiger partial charge in [-0.2, -0.15) is 0 Å². The minimum Gasteiger partial charge on any atom is -0.360 e. The molecule has 1 heterocycles. The second-order valence-electron chi connectivity index (χ2n) is 6.14. The molecule has 0 aliphatic heterocycles. The number of hydrogen-bond acceptors (Lipinski definition) is 3. The molecule has 1 aliphatic rings. The highest BCUT2D eigenvalue weighted by Gasteiger charge is 2.40. The van der Waals surface area contributed by atoms with Crippen LogP contribution in [0.5, 0.6) is 0 Å². The number of nitrogens with zero attached hydrogens (tertiary/aromatic N) is 1. The topological polar surface area (TPSA) is 55.1 Å². The largest absolute Gasteiger partial charge is 0.360 e. The van der Waals surface area contributed by atoms with E-state index in [2.05, 4.69) is 10.5 Å². The highest BCUT2D eigenvalue weighted by atomic mass is 19.1. The number of benzene rings is 1. The average molecular weight is 302 g/mol. The molecule has 0 radical (unpaired) electrons. The maximum absolute atomic E-state index is 13.3. The van der Waals surface area contributed by atoms with E-state index in [1.807, 2.05) is 19.9 Å². The quantitative estimate of drug-likeness (QED) is 0.940. The van der Waals surface area contributed by atoms with E-state index in [0.29, 0.717) is 17.0 Å². The van der Waals surface area contributed by atoms with Crippen LogP contribution in [0.15, 0.2) is 28.8 Å². The predicted molar refractivity (Wildman–Crippen MR) is 80.3 cm³/mol. The molecule has 1 aliphatic carbocycles. The summed E-state index contributed by atoms with van der Waals surface area (Å²) in [6.07, 6.45) is 0.830. The third kappa shape index (κ3) is 2.75. The van der Waals surface area contributed by atoms with Gasteiger partial charge in [-0.05, 0) is 31.0 Å². The summed E-state index contributed by atoms with van der Waals surface area (Å²) in [7, 11) is 0. The van der Waals surface area contributed by atoms with Gasteiger partial charge in [0, 0.05) is 17.9 Å². The molecule has 3 rings (SSSR count). The van der Waals surface area contributed by atoms with Crippen molar-refractivity contribution in [1.29, 1.82) is 0 Å². The summed E-state index contributed by atoms with van der Waals surface area (Å²) in [4.78, 5) is 12.5. The summed E-state index contributed by atoms with van der Waals surface area (Å²) in [5.74, 6) is 0.484. The van der Waals surface area contributed by atoms with E-state index < -0.39 is 0 Å². The van der Waals surface area contributed by atoms with Gasteiger partial charge < -0.3 is 9.84 Å². The average Bonchev–Trinajstić information content (AvgIpc) is 3.10. The Morgan fingerprint density at radius 3 is 2.91 bits per heavy atom. The van der Waals surface area contributed by atoms with E-state index in [-0.39, 0.29) is 29.6 Å². The number of halogens is 1. The number of carbonyl (C=O) groups excluding carboxylic acids is 1. The fourth-order valence-corrected chi connectivity index (χ4v) is 2.76. The van der Waals surface area contributed by atoms with Crippen molar-refractivity contribution in [3.8, 4) is 0 Å². The molecule has 0 unspecified atom stereocenters. The zero-order valence-corrected chi connectivity index (χ0v) is 12.9. The van der Waals surface area contributed by atoms with Crippen LogP contribution in [0.1, 0.15) is 59.5 Å². The molecule has 22 heavy (non-hydrogen) atoms. The first-order valence-electron chi connectivity index (χ1n) is 7.50. The minimum atomic E-state index is -0.244. The van der Waals surface area contributed by atoms with Gasteiger partial charge in [-0.3, -0.25) is 4.79 Å². The minimum absolute atomic E-state index is 0.0450. The SMILES string of the molecule is Cc1noc(C(C)C)c1C(=O)N[C@H]1C[C@@H]1c1cccc(F)c1. The van der Waals surface area contributed by atoms with Crippen LogP contribution in [0, 0.1) is 12.7 Å². The number of aryl methyl sites for hydroxylation is 1. The molecule has 2 aromatic rings. The Balaban J connectivity index is 1.71. The van der Waals surface area contributed by atoms with Gasteiger partial charge in [0.05, 0.1) is 5.69 Å². The summed E-state index contributed by atoms with van der Waals surface area (Å²) in [6.45, 7) is 5.69. The van der Waals surface area contributed by atoms with E-state index in [9.17, 15) is 9.18 Å². The van der Waals surface area contributed by atoms with E-state index in [1.54, 1.807) is 13.0 Å². The lowest BCUT2D eigenvalue weighted by atomic mass is 10.0. The molecular weight excluding hydrogens is 283 g/mol. The molecule has 116 valence electrons. The summed E-state index contributed by atoms with van der Waals surface area (Å²) in [5, 5.41) is 6.89. The summed E-state index contributed by atoms with van der Waals surface area (Å²) < 4.78 is 18.5. The maximum atomic E-state index is 13.3. The maximum Gasteiger partial charge on any atom is 0.257 e. The highest BCUT2D eigenvalue weighted by molar-refractivity contribution is 5.96. The van der Waals surface area contributed by atoms with Crippen molar-refractivity contribution in [2.24, 2.45) is 0 Å². The van der Waals surface area contributed by atoms with Crippen LogP contribution in [-0.2, 0) is 0 Å². The number of amides is 1. The Bertz CT molecular complexity index is 708. The Hall–Kier alpha value is -2.17. The van der Waals surface area contributed by atoms with Crippen LogP contribution in [0.3, 0.4) is 0 Å². The number of nitrogens with one attached hydrogen (secondary N) is 1. The first kappa shape index (κ1) is 14.8. The van der Waals surface area contributed by atoms with E-state index in [0.717, 1.165) is 12.0 Å². The molecule has 1 fully saturated rings. The normalized spacial score (nSPS) is 20.2. The number of carbonyl (C=O) groups is 1. The third-order valence-corrected chi connectivity index (χ3v) is 4.02. The van der Waals surface area contributed by atoms with Crippen molar-refractivity contribution in [3.05, 3.63) is 52.7 Å².